The molecule has 0 aliphatic heterocycles. The fraction of sp³-hybridized carbons (Fsp3) is 0. The highest BCUT2D eigenvalue weighted by Gasteiger charge is 2.05. The first-order valence-corrected chi connectivity index (χ1v) is 2.38. The Labute approximate surface area is 49.7 Å². The van der Waals surface area contributed by atoms with E-state index in [0.717, 1.165) is 0 Å². The second-order valence-electron chi connectivity index (χ2n) is 0.893. The van der Waals surface area contributed by atoms with Crippen molar-refractivity contribution in [1.29, 1.82) is 0 Å². The van der Waals surface area contributed by atoms with Gasteiger partial charge in [0.1, 0.15) is 6.26 Å². The smallest absolute Gasteiger partial charge is 0.283 e. The Hall–Kier alpha value is -0.680. The molecule has 0 unspecified atom stereocenters. The lowest BCUT2D eigenvalue weighted by atomic mass is 10.6. The molecule has 0 aromatic heterocycles. The van der Waals surface area contributed by atoms with Crippen LogP contribution in [0.3, 0.4) is 0 Å². The highest BCUT2D eigenvalue weighted by atomic mass is 32.2. The number of aliphatic hydroxyl groups excluding tert-OH is 2. The molecule has 8 heavy (non-hydrogen) atoms. The number of rotatable bonds is 1. The average Bonchev–Trinajstić information content (AvgIpc) is 1.84. The van der Waals surface area contributed by atoms with E-state index in [9.17, 15) is 4.79 Å². The Morgan fingerprint density at radius 1 is 1.62 bits per heavy atom. The molecule has 0 heterocycles. The summed E-state index contributed by atoms with van der Waals surface area (Å²) < 4.78 is 7.89. The van der Waals surface area contributed by atoms with Gasteiger partial charge in [-0.3, -0.25) is 4.79 Å². The zero-order chi connectivity index (χ0) is 6.57. The van der Waals surface area contributed by atoms with Crippen molar-refractivity contribution in [3.05, 3.63) is 12.0 Å². The van der Waals surface area contributed by atoms with Crippen LogP contribution < -0.4 is 0 Å². The van der Waals surface area contributed by atoms with Gasteiger partial charge in [-0.05, 0) is 0 Å². The van der Waals surface area contributed by atoms with Crippen molar-refractivity contribution < 1.29 is 19.6 Å². The van der Waals surface area contributed by atoms with E-state index in [0.29, 0.717) is 0 Å². The molecular weight excluding hydrogens is 132 g/mol. The summed E-state index contributed by atoms with van der Waals surface area (Å²) in [4.78, 5) is 9.98. The van der Waals surface area contributed by atoms with Crippen LogP contribution in [0, 0.1) is 0 Å². The van der Waals surface area contributed by atoms with Crippen LogP contribution in [0.25, 0.3) is 0 Å². The second-order valence-corrected chi connectivity index (χ2v) is 1.45. The minimum absolute atomic E-state index is 0.160. The molecule has 46 valence electrons. The van der Waals surface area contributed by atoms with Crippen molar-refractivity contribution in [2.24, 2.45) is 0 Å². The van der Waals surface area contributed by atoms with E-state index >= 15 is 0 Å². The first-order chi connectivity index (χ1) is 3.72. The van der Waals surface area contributed by atoms with Gasteiger partial charge in [0.2, 0.25) is 5.76 Å². The quantitative estimate of drug-likeness (QED) is 0.280. The van der Waals surface area contributed by atoms with Crippen molar-refractivity contribution in [1.82, 2.24) is 0 Å². The fourth-order valence-electron chi connectivity index (χ4n) is 0.0995. The Kier molecular flexibility index (Phi) is 3.05. The average molecular weight is 136 g/mol. The van der Waals surface area contributed by atoms with Crippen LogP contribution in [0.1, 0.15) is 0 Å². The van der Waals surface area contributed by atoms with E-state index in [-0.39, 0.29) is 18.3 Å². The van der Waals surface area contributed by atoms with Gasteiger partial charge in [-0.25, -0.2) is 0 Å². The van der Waals surface area contributed by atoms with Crippen LogP contribution in [0.5, 0.6) is 0 Å². The third-order valence-corrected chi connectivity index (χ3v) is 0.789. The van der Waals surface area contributed by atoms with Gasteiger partial charge < -0.3 is 14.8 Å². The molecule has 0 saturated heterocycles. The van der Waals surface area contributed by atoms with Gasteiger partial charge in [0, 0.05) is 0 Å². The molecule has 0 bridgehead atoms. The van der Waals surface area contributed by atoms with E-state index < -0.39 is 10.9 Å². The van der Waals surface area contributed by atoms with Gasteiger partial charge in [-0.2, -0.15) is 0 Å². The summed E-state index contributed by atoms with van der Waals surface area (Å²) >= 11 is -0.160. The molecule has 0 rings (SSSR count). The zero-order valence-corrected chi connectivity index (χ0v) is 4.55. The summed E-state index contributed by atoms with van der Waals surface area (Å²) in [7, 11) is 0. The Bertz CT molecular complexity index is 118. The monoisotopic (exact) mass is 136 g/mol. The summed E-state index contributed by atoms with van der Waals surface area (Å²) in [5.41, 5.74) is 0. The van der Waals surface area contributed by atoms with Crippen molar-refractivity contribution in [2.45, 2.75) is 0 Å². The van der Waals surface area contributed by atoms with E-state index in [1.165, 1.54) is 0 Å². The predicted octanol–water partition coefficient (Wildman–Crippen LogP) is 0.677. The highest BCUT2D eigenvalue weighted by Crippen LogP contribution is 2.00. The lowest BCUT2D eigenvalue weighted by molar-refractivity contribution is -0.110. The van der Waals surface area contributed by atoms with Gasteiger partial charge in [0.15, 0.2) is 0 Å². The van der Waals surface area contributed by atoms with Crippen LogP contribution in [-0.2, 0) is 4.79 Å². The van der Waals surface area contributed by atoms with Gasteiger partial charge in [0.25, 0.3) is 5.12 Å². The molecule has 5 heteroatoms. The number of aliphatic hydroxyl groups is 2. The first kappa shape index (κ1) is 7.32. The van der Waals surface area contributed by atoms with Crippen LogP contribution >= 0.6 is 12.0 Å². The molecule has 0 aliphatic rings. The topological polar surface area (TPSA) is 77.8 Å². The highest BCUT2D eigenvalue weighted by molar-refractivity contribution is 8.09. The number of carbonyl (C=O) groups is 1. The van der Waals surface area contributed by atoms with Gasteiger partial charge in [-0.15, -0.1) is 0 Å². The third-order valence-electron chi connectivity index (χ3n) is 0.414. The van der Waals surface area contributed by atoms with E-state index in [1.54, 1.807) is 0 Å². The zero-order valence-electron chi connectivity index (χ0n) is 3.74. The molecule has 4 nitrogen and oxygen atoms in total. The van der Waals surface area contributed by atoms with E-state index in [2.05, 4.69) is 0 Å². The van der Waals surface area contributed by atoms with Gasteiger partial charge in [0.05, 0.1) is 12.0 Å². The normalized spacial score (nSPS) is 11.4. The summed E-state index contributed by atoms with van der Waals surface area (Å²) in [5.74, 6) is -0.863. The molecule has 3 N–H and O–H groups in total. The third kappa shape index (κ3) is 1.85. The lowest BCUT2D eigenvalue weighted by Gasteiger charge is -1.87. The van der Waals surface area contributed by atoms with Crippen molar-refractivity contribution >= 4 is 17.2 Å². The Morgan fingerprint density at radius 3 is 2.25 bits per heavy atom. The minimum atomic E-state index is -0.979. The van der Waals surface area contributed by atoms with E-state index in [1.807, 2.05) is 0 Å². The molecule has 0 aliphatic carbocycles. The molecule has 0 atom stereocenters. The number of hydrogen-bond donors (Lipinski definition) is 3. The predicted molar refractivity (Wildman–Crippen MR) is 28.6 cm³/mol. The van der Waals surface area contributed by atoms with Gasteiger partial charge in [-0.1, -0.05) is 0 Å². The van der Waals surface area contributed by atoms with Crippen molar-refractivity contribution in [3.63, 3.8) is 0 Å². The molecule has 0 spiro atoms. The Morgan fingerprint density at radius 2 is 2.12 bits per heavy atom. The lowest BCUT2D eigenvalue weighted by Crippen LogP contribution is -1.94. The maximum Gasteiger partial charge on any atom is 0.283 e. The van der Waals surface area contributed by atoms with Gasteiger partial charge >= 0.3 is 0 Å². The molecular formula is C3H4O4S. The first-order valence-electron chi connectivity index (χ1n) is 1.61. The second kappa shape index (κ2) is 3.34. The largest absolute Gasteiger partial charge is 0.512 e. The van der Waals surface area contributed by atoms with Crippen LogP contribution in [0.4, 0.5) is 0 Å². The van der Waals surface area contributed by atoms with Crippen LogP contribution in [-0.4, -0.2) is 19.9 Å². The molecule has 0 saturated carbocycles. The standard InChI is InChI=1S/C3H4O4S/c4-1-2(5)3(6)8-7/h1,4-5,7H/b2-1-. The summed E-state index contributed by atoms with van der Waals surface area (Å²) in [6, 6.07) is 0. The number of carbonyl (C=O) groups excluding carboxylic acids is 1. The number of hydrogen-bond acceptors (Lipinski definition) is 5. The molecule has 0 aromatic rings. The fourth-order valence-corrected chi connectivity index (χ4v) is 0.246. The van der Waals surface area contributed by atoms with E-state index in [4.69, 9.17) is 14.8 Å². The Balaban J connectivity index is 3.83. The molecule has 0 amide bonds. The molecule has 0 radical (unpaired) electrons. The van der Waals surface area contributed by atoms with Crippen LogP contribution in [0.15, 0.2) is 12.0 Å². The SMILES string of the molecule is O=C(SO)/C(O)=C/O. The molecule has 0 aromatic carbocycles. The minimum Gasteiger partial charge on any atom is -0.512 e. The summed E-state index contributed by atoms with van der Waals surface area (Å²) in [5, 5.41) is 15.1. The summed E-state index contributed by atoms with van der Waals surface area (Å²) in [6.07, 6.45) is 0.214. The summed E-state index contributed by atoms with van der Waals surface area (Å²) in [6.45, 7) is 0. The molecule has 0 fully saturated rings. The van der Waals surface area contributed by atoms with Crippen LogP contribution in [0.2, 0.25) is 0 Å². The maximum atomic E-state index is 9.98. The van der Waals surface area contributed by atoms with Crippen molar-refractivity contribution in [3.8, 4) is 0 Å². The van der Waals surface area contributed by atoms with Crippen molar-refractivity contribution in [2.75, 3.05) is 0 Å². The maximum absolute atomic E-state index is 9.98.